The summed E-state index contributed by atoms with van der Waals surface area (Å²) in [5, 5.41) is 1.11. The zero-order valence-electron chi connectivity index (χ0n) is 16.2. The molecular formula is C22H28N2O3. The minimum atomic E-state index is -0.422. The Hall–Kier alpha value is -2.30. The van der Waals surface area contributed by atoms with Crippen LogP contribution in [0.25, 0.3) is 10.9 Å². The number of rotatable bonds is 3. The highest BCUT2D eigenvalue weighted by atomic mass is 16.5. The molecule has 5 nitrogen and oxygen atoms in total. The fourth-order valence-electron chi connectivity index (χ4n) is 4.48. The van der Waals surface area contributed by atoms with Gasteiger partial charge in [-0.25, -0.2) is 4.79 Å². The molecule has 4 rings (SSSR count). The van der Waals surface area contributed by atoms with Crippen LogP contribution in [0.1, 0.15) is 61.1 Å². The quantitative estimate of drug-likeness (QED) is 0.837. The van der Waals surface area contributed by atoms with Crippen LogP contribution in [0.4, 0.5) is 0 Å². The number of amides is 1. The molecule has 1 aromatic heterocycles. The lowest BCUT2D eigenvalue weighted by Gasteiger charge is -2.33. The number of nitrogens with zero attached hydrogens (tertiary/aromatic N) is 1. The average molecular weight is 368 g/mol. The number of aromatic amines is 1. The van der Waals surface area contributed by atoms with Gasteiger partial charge in [0.15, 0.2) is 6.61 Å². The number of carbonyl (C=O) groups is 2. The normalized spacial score (nSPS) is 22.5. The van der Waals surface area contributed by atoms with Gasteiger partial charge in [-0.2, -0.15) is 0 Å². The molecule has 0 saturated carbocycles. The van der Waals surface area contributed by atoms with E-state index in [0.29, 0.717) is 11.5 Å². The monoisotopic (exact) mass is 368 g/mol. The van der Waals surface area contributed by atoms with E-state index in [9.17, 15) is 9.59 Å². The van der Waals surface area contributed by atoms with Crippen molar-refractivity contribution in [2.24, 2.45) is 5.92 Å². The van der Waals surface area contributed by atoms with E-state index in [0.717, 1.165) is 49.6 Å². The second kappa shape index (κ2) is 7.37. The van der Waals surface area contributed by atoms with Crippen LogP contribution in [0.3, 0.4) is 0 Å². The van der Waals surface area contributed by atoms with Crippen molar-refractivity contribution in [1.82, 2.24) is 9.88 Å². The third kappa shape index (κ3) is 3.60. The number of piperidine rings is 1. The lowest BCUT2D eigenvalue weighted by atomic mass is 9.87. The van der Waals surface area contributed by atoms with Gasteiger partial charge in [-0.1, -0.05) is 6.92 Å². The van der Waals surface area contributed by atoms with E-state index in [4.69, 9.17) is 4.74 Å². The van der Waals surface area contributed by atoms with Crippen LogP contribution in [0, 0.1) is 5.92 Å². The first-order valence-electron chi connectivity index (χ1n) is 10.1. The zero-order valence-corrected chi connectivity index (χ0v) is 16.2. The van der Waals surface area contributed by atoms with E-state index in [2.05, 4.69) is 18.8 Å². The number of esters is 1. The first-order chi connectivity index (χ1) is 13.0. The summed E-state index contributed by atoms with van der Waals surface area (Å²) >= 11 is 0. The van der Waals surface area contributed by atoms with E-state index in [1.165, 1.54) is 17.7 Å². The molecule has 1 aliphatic heterocycles. The van der Waals surface area contributed by atoms with Gasteiger partial charge in [0.2, 0.25) is 0 Å². The molecule has 27 heavy (non-hydrogen) atoms. The second-order valence-electron chi connectivity index (χ2n) is 8.20. The number of benzene rings is 1. The van der Waals surface area contributed by atoms with Gasteiger partial charge < -0.3 is 14.6 Å². The third-order valence-corrected chi connectivity index (χ3v) is 6.12. The van der Waals surface area contributed by atoms with Crippen LogP contribution in [-0.2, 0) is 22.4 Å². The molecule has 0 radical (unpaired) electrons. The molecule has 1 aromatic carbocycles. The Morgan fingerprint density at radius 2 is 2.07 bits per heavy atom. The first-order valence-corrected chi connectivity index (χ1v) is 10.1. The number of likely N-dealkylation sites (tertiary alicyclic amines) is 1. The largest absolute Gasteiger partial charge is 0.452 e. The maximum atomic E-state index is 12.5. The summed E-state index contributed by atoms with van der Waals surface area (Å²) in [6.45, 7) is 4.91. The SMILES string of the molecule is C[C@H]1CCc2[nH]c3ccc(C(=O)OCC(=O)N4CCCC[C@@H]4C)cc3c2C1. The molecule has 2 aliphatic rings. The number of carbonyl (C=O) groups excluding carboxylic acids is 2. The highest BCUT2D eigenvalue weighted by Crippen LogP contribution is 2.32. The maximum Gasteiger partial charge on any atom is 0.338 e. The summed E-state index contributed by atoms with van der Waals surface area (Å²) in [5.41, 5.74) is 4.21. The molecule has 1 amide bonds. The predicted molar refractivity (Wildman–Crippen MR) is 105 cm³/mol. The van der Waals surface area contributed by atoms with Crippen LogP contribution in [0.15, 0.2) is 18.2 Å². The Morgan fingerprint density at radius 3 is 2.89 bits per heavy atom. The fourth-order valence-corrected chi connectivity index (χ4v) is 4.48. The second-order valence-corrected chi connectivity index (χ2v) is 8.20. The van der Waals surface area contributed by atoms with Crippen molar-refractivity contribution >= 4 is 22.8 Å². The zero-order chi connectivity index (χ0) is 19.0. The first kappa shape index (κ1) is 18.1. The van der Waals surface area contributed by atoms with E-state index < -0.39 is 5.97 Å². The van der Waals surface area contributed by atoms with Crippen molar-refractivity contribution < 1.29 is 14.3 Å². The van der Waals surface area contributed by atoms with Crippen LogP contribution >= 0.6 is 0 Å². The standard InChI is InChI=1S/C22H28N2O3/c1-14-6-8-19-17(11-14)18-12-16(7-9-20(18)23-19)22(26)27-13-21(25)24-10-4-3-5-15(24)2/h7,9,12,14-15,23H,3-6,8,10-11,13H2,1-2H3/t14-,15-/m0/s1. The molecule has 2 aromatic rings. The van der Waals surface area contributed by atoms with E-state index in [1.54, 1.807) is 6.07 Å². The maximum absolute atomic E-state index is 12.5. The molecule has 0 bridgehead atoms. The smallest absolute Gasteiger partial charge is 0.338 e. The Bertz CT molecular complexity index is 870. The van der Waals surface area contributed by atoms with Crippen LogP contribution in [-0.4, -0.2) is 41.0 Å². The molecule has 144 valence electrons. The molecule has 0 unspecified atom stereocenters. The van der Waals surface area contributed by atoms with E-state index >= 15 is 0 Å². The van der Waals surface area contributed by atoms with Gasteiger partial charge in [0.05, 0.1) is 5.56 Å². The lowest BCUT2D eigenvalue weighted by molar-refractivity contribution is -0.137. The predicted octanol–water partition coefficient (Wildman–Crippen LogP) is 3.85. The van der Waals surface area contributed by atoms with Crippen molar-refractivity contribution in [1.29, 1.82) is 0 Å². The molecular weight excluding hydrogens is 340 g/mol. The molecule has 5 heteroatoms. The molecule has 1 N–H and O–H groups in total. The molecule has 2 heterocycles. The summed E-state index contributed by atoms with van der Waals surface area (Å²) in [6.07, 6.45) is 6.51. The number of aryl methyl sites for hydroxylation is 1. The van der Waals surface area contributed by atoms with Crippen LogP contribution in [0.5, 0.6) is 0 Å². The Kier molecular flexibility index (Phi) is 4.94. The molecule has 1 fully saturated rings. The van der Waals surface area contributed by atoms with Gasteiger partial charge in [0, 0.05) is 29.2 Å². The highest BCUT2D eigenvalue weighted by Gasteiger charge is 2.25. The van der Waals surface area contributed by atoms with Crippen LogP contribution < -0.4 is 0 Å². The molecule has 2 atom stereocenters. The number of hydrogen-bond donors (Lipinski definition) is 1. The Morgan fingerprint density at radius 1 is 1.22 bits per heavy atom. The number of aromatic nitrogens is 1. The molecule has 1 saturated heterocycles. The topological polar surface area (TPSA) is 62.4 Å². The highest BCUT2D eigenvalue weighted by molar-refractivity contribution is 5.97. The van der Waals surface area contributed by atoms with Crippen molar-refractivity contribution in [3.05, 3.63) is 35.0 Å². The van der Waals surface area contributed by atoms with Gasteiger partial charge in [-0.3, -0.25) is 4.79 Å². The number of fused-ring (bicyclic) bond motifs is 3. The van der Waals surface area contributed by atoms with Gasteiger partial charge in [0.1, 0.15) is 0 Å². The van der Waals surface area contributed by atoms with E-state index in [-0.39, 0.29) is 18.6 Å². The summed E-state index contributed by atoms with van der Waals surface area (Å²) in [6, 6.07) is 5.88. The number of nitrogens with one attached hydrogen (secondary N) is 1. The number of H-pyrrole nitrogens is 1. The van der Waals surface area contributed by atoms with Crippen molar-refractivity contribution in [3.63, 3.8) is 0 Å². The molecule has 0 spiro atoms. The molecule has 1 aliphatic carbocycles. The number of hydrogen-bond acceptors (Lipinski definition) is 3. The summed E-state index contributed by atoms with van der Waals surface area (Å²) in [4.78, 5) is 30.2. The van der Waals surface area contributed by atoms with Gasteiger partial charge in [-0.15, -0.1) is 0 Å². The van der Waals surface area contributed by atoms with Crippen molar-refractivity contribution in [2.75, 3.05) is 13.2 Å². The van der Waals surface area contributed by atoms with Gasteiger partial charge in [0.25, 0.3) is 5.91 Å². The summed E-state index contributed by atoms with van der Waals surface area (Å²) < 4.78 is 5.34. The minimum absolute atomic E-state index is 0.0931. The van der Waals surface area contributed by atoms with Crippen LogP contribution in [0.2, 0.25) is 0 Å². The fraction of sp³-hybridized carbons (Fsp3) is 0.545. The van der Waals surface area contributed by atoms with Crippen molar-refractivity contribution in [2.45, 2.75) is 58.4 Å². The van der Waals surface area contributed by atoms with E-state index in [1.807, 2.05) is 17.0 Å². The third-order valence-electron chi connectivity index (χ3n) is 6.12. The average Bonchev–Trinajstić information content (AvgIpc) is 3.03. The minimum Gasteiger partial charge on any atom is -0.452 e. The van der Waals surface area contributed by atoms with Gasteiger partial charge >= 0.3 is 5.97 Å². The van der Waals surface area contributed by atoms with Crippen molar-refractivity contribution in [3.8, 4) is 0 Å². The Balaban J connectivity index is 1.46. The lowest BCUT2D eigenvalue weighted by Crippen LogP contribution is -2.44. The van der Waals surface area contributed by atoms with Gasteiger partial charge in [-0.05, 0) is 75.1 Å². The Labute approximate surface area is 160 Å². The summed E-state index contributed by atoms with van der Waals surface area (Å²) in [7, 11) is 0. The number of ether oxygens (including phenoxy) is 1. The summed E-state index contributed by atoms with van der Waals surface area (Å²) in [5.74, 6) is 0.148.